The number of nitrogens with zero attached hydrogens (tertiary/aromatic N) is 3. The van der Waals surface area contributed by atoms with Crippen LogP contribution in [0.3, 0.4) is 0 Å². The van der Waals surface area contributed by atoms with Gasteiger partial charge in [0.2, 0.25) is 5.95 Å². The van der Waals surface area contributed by atoms with Gasteiger partial charge in [0.1, 0.15) is 0 Å². The number of fused-ring (bicyclic) bond motifs is 2. The summed E-state index contributed by atoms with van der Waals surface area (Å²) in [7, 11) is 0. The standard InChI is InChI=1S/C17H27N3O/c1-12(2)11-21-16-14-5-4-6-15(16)10-20(9-14)17-18-7-13(3)8-19-17/h7-8,12,14-16H,4-6,9-11H2,1-3H3/t14-,15+,16?. The monoisotopic (exact) mass is 289 g/mol. The Balaban J connectivity index is 1.69. The van der Waals surface area contributed by atoms with Crippen LogP contribution in [0.15, 0.2) is 12.4 Å². The zero-order valence-corrected chi connectivity index (χ0v) is 13.5. The Morgan fingerprint density at radius 3 is 2.38 bits per heavy atom. The predicted octanol–water partition coefficient (Wildman–Crippen LogP) is 3.06. The molecule has 1 aromatic heterocycles. The van der Waals surface area contributed by atoms with E-state index in [-0.39, 0.29) is 0 Å². The van der Waals surface area contributed by atoms with Crippen LogP contribution in [0.2, 0.25) is 0 Å². The maximum atomic E-state index is 6.25. The third-order valence-corrected chi connectivity index (χ3v) is 4.66. The van der Waals surface area contributed by atoms with Crippen molar-refractivity contribution in [2.45, 2.75) is 46.1 Å². The fourth-order valence-corrected chi connectivity index (χ4v) is 3.67. The highest BCUT2D eigenvalue weighted by atomic mass is 16.5. The van der Waals surface area contributed by atoms with Gasteiger partial charge in [-0.2, -0.15) is 0 Å². The molecule has 1 saturated carbocycles. The van der Waals surface area contributed by atoms with Gasteiger partial charge in [-0.05, 0) is 31.2 Å². The first kappa shape index (κ1) is 14.8. The lowest BCUT2D eigenvalue weighted by molar-refractivity contribution is -0.0649. The van der Waals surface area contributed by atoms with Crippen molar-refractivity contribution in [2.75, 3.05) is 24.6 Å². The number of aryl methyl sites for hydroxylation is 1. The molecule has 2 aliphatic rings. The second-order valence-electron chi connectivity index (χ2n) is 7.11. The molecule has 0 spiro atoms. The van der Waals surface area contributed by atoms with E-state index in [1.165, 1.54) is 19.3 Å². The fourth-order valence-electron chi connectivity index (χ4n) is 3.67. The minimum Gasteiger partial charge on any atom is -0.377 e. The SMILES string of the molecule is Cc1cnc(N2C[C@H]3CCC[C@@H](C2)C3OCC(C)C)nc1. The maximum absolute atomic E-state index is 6.25. The molecule has 0 aromatic carbocycles. The molecular weight excluding hydrogens is 262 g/mol. The van der Waals surface area contributed by atoms with E-state index < -0.39 is 0 Å². The average molecular weight is 289 g/mol. The number of hydrogen-bond acceptors (Lipinski definition) is 4. The minimum absolute atomic E-state index is 0.447. The molecule has 1 aromatic rings. The number of piperidine rings is 1. The number of aromatic nitrogens is 2. The number of rotatable bonds is 4. The molecule has 4 heteroatoms. The van der Waals surface area contributed by atoms with E-state index >= 15 is 0 Å². The molecule has 2 fully saturated rings. The molecule has 0 N–H and O–H groups in total. The van der Waals surface area contributed by atoms with E-state index in [0.29, 0.717) is 23.9 Å². The third kappa shape index (κ3) is 3.37. The number of hydrogen-bond donors (Lipinski definition) is 0. The van der Waals surface area contributed by atoms with Crippen LogP contribution in [0.1, 0.15) is 38.7 Å². The van der Waals surface area contributed by atoms with Gasteiger partial charge in [0, 0.05) is 43.9 Å². The first-order valence-corrected chi connectivity index (χ1v) is 8.28. The molecule has 1 aliphatic carbocycles. The van der Waals surface area contributed by atoms with Gasteiger partial charge in [0.05, 0.1) is 6.10 Å². The first-order chi connectivity index (χ1) is 10.1. The highest BCUT2D eigenvalue weighted by molar-refractivity contribution is 5.31. The van der Waals surface area contributed by atoms with Crippen molar-refractivity contribution in [3.8, 4) is 0 Å². The highest BCUT2D eigenvalue weighted by Gasteiger charge is 2.40. The Hall–Kier alpha value is -1.16. The van der Waals surface area contributed by atoms with Gasteiger partial charge in [0.25, 0.3) is 0 Å². The second-order valence-corrected chi connectivity index (χ2v) is 7.11. The Labute approximate surface area is 127 Å². The van der Waals surface area contributed by atoms with Gasteiger partial charge in [0.15, 0.2) is 0 Å². The Bertz CT molecular complexity index is 446. The summed E-state index contributed by atoms with van der Waals surface area (Å²) in [4.78, 5) is 11.4. The average Bonchev–Trinajstić information content (AvgIpc) is 2.45. The molecule has 21 heavy (non-hydrogen) atoms. The second kappa shape index (κ2) is 6.30. The molecule has 1 unspecified atom stereocenters. The van der Waals surface area contributed by atoms with Gasteiger partial charge in [-0.3, -0.25) is 0 Å². The van der Waals surface area contributed by atoms with Crippen molar-refractivity contribution in [3.05, 3.63) is 18.0 Å². The van der Waals surface area contributed by atoms with E-state index in [1.807, 2.05) is 19.3 Å². The molecule has 2 bridgehead atoms. The van der Waals surface area contributed by atoms with Crippen LogP contribution in [-0.2, 0) is 4.74 Å². The van der Waals surface area contributed by atoms with Crippen LogP contribution in [0.4, 0.5) is 5.95 Å². The smallest absolute Gasteiger partial charge is 0.225 e. The number of anilines is 1. The lowest BCUT2D eigenvalue weighted by Gasteiger charge is -2.47. The zero-order chi connectivity index (χ0) is 14.8. The molecule has 1 saturated heterocycles. The molecule has 0 radical (unpaired) electrons. The van der Waals surface area contributed by atoms with Gasteiger partial charge >= 0.3 is 0 Å². The lowest BCUT2D eigenvalue weighted by atomic mass is 9.75. The topological polar surface area (TPSA) is 38.2 Å². The van der Waals surface area contributed by atoms with Gasteiger partial charge in [-0.15, -0.1) is 0 Å². The van der Waals surface area contributed by atoms with E-state index in [0.717, 1.165) is 31.2 Å². The van der Waals surface area contributed by atoms with E-state index in [2.05, 4.69) is 28.7 Å². The quantitative estimate of drug-likeness (QED) is 0.854. The molecule has 1 aliphatic heterocycles. The summed E-state index contributed by atoms with van der Waals surface area (Å²) in [5.74, 6) is 2.78. The molecule has 4 nitrogen and oxygen atoms in total. The minimum atomic E-state index is 0.447. The summed E-state index contributed by atoms with van der Waals surface area (Å²) < 4.78 is 6.25. The fraction of sp³-hybridized carbons (Fsp3) is 0.765. The van der Waals surface area contributed by atoms with Gasteiger partial charge in [-0.25, -0.2) is 9.97 Å². The van der Waals surface area contributed by atoms with E-state index in [1.54, 1.807) is 0 Å². The van der Waals surface area contributed by atoms with Crippen molar-refractivity contribution in [1.29, 1.82) is 0 Å². The molecule has 116 valence electrons. The van der Waals surface area contributed by atoms with E-state index in [9.17, 15) is 0 Å². The summed E-state index contributed by atoms with van der Waals surface area (Å²) >= 11 is 0. The largest absolute Gasteiger partial charge is 0.377 e. The third-order valence-electron chi connectivity index (χ3n) is 4.66. The first-order valence-electron chi connectivity index (χ1n) is 8.28. The van der Waals surface area contributed by atoms with E-state index in [4.69, 9.17) is 4.74 Å². The number of ether oxygens (including phenoxy) is 1. The molecule has 0 amide bonds. The molecular formula is C17H27N3O. The summed E-state index contributed by atoms with van der Waals surface area (Å²) in [6.07, 6.45) is 8.18. The maximum Gasteiger partial charge on any atom is 0.225 e. The van der Waals surface area contributed by atoms with Crippen molar-refractivity contribution in [3.63, 3.8) is 0 Å². The Morgan fingerprint density at radius 2 is 1.81 bits per heavy atom. The lowest BCUT2D eigenvalue weighted by Crippen LogP contribution is -2.53. The van der Waals surface area contributed by atoms with Crippen LogP contribution in [0.25, 0.3) is 0 Å². The van der Waals surface area contributed by atoms with Gasteiger partial charge < -0.3 is 9.64 Å². The summed E-state index contributed by atoms with van der Waals surface area (Å²) in [6, 6.07) is 0. The van der Waals surface area contributed by atoms with Crippen LogP contribution < -0.4 is 4.90 Å². The Kier molecular flexibility index (Phi) is 4.43. The normalized spacial score (nSPS) is 29.0. The summed E-state index contributed by atoms with van der Waals surface area (Å²) in [5.41, 5.74) is 1.12. The van der Waals surface area contributed by atoms with Gasteiger partial charge in [-0.1, -0.05) is 20.3 Å². The van der Waals surface area contributed by atoms with Crippen molar-refractivity contribution in [1.82, 2.24) is 9.97 Å². The van der Waals surface area contributed by atoms with Crippen molar-refractivity contribution >= 4 is 5.95 Å². The predicted molar refractivity (Wildman–Crippen MR) is 84.4 cm³/mol. The van der Waals surface area contributed by atoms with Crippen LogP contribution in [0, 0.1) is 24.7 Å². The van der Waals surface area contributed by atoms with Crippen molar-refractivity contribution in [2.24, 2.45) is 17.8 Å². The summed E-state index contributed by atoms with van der Waals surface area (Å²) in [5, 5.41) is 0. The highest BCUT2D eigenvalue weighted by Crippen LogP contribution is 2.38. The zero-order valence-electron chi connectivity index (χ0n) is 13.5. The van der Waals surface area contributed by atoms with Crippen LogP contribution in [0.5, 0.6) is 0 Å². The molecule has 3 rings (SSSR count). The van der Waals surface area contributed by atoms with Crippen LogP contribution >= 0.6 is 0 Å². The molecule has 3 atom stereocenters. The molecule has 2 heterocycles. The van der Waals surface area contributed by atoms with Crippen LogP contribution in [-0.4, -0.2) is 35.8 Å². The van der Waals surface area contributed by atoms with Crippen molar-refractivity contribution < 1.29 is 4.74 Å². The summed E-state index contributed by atoms with van der Waals surface area (Å²) in [6.45, 7) is 9.46. The Morgan fingerprint density at radius 1 is 1.19 bits per heavy atom.